The first-order valence-corrected chi connectivity index (χ1v) is 7.52. The molecule has 1 heterocycles. The first-order valence-electron chi connectivity index (χ1n) is 7.52. The van der Waals surface area contributed by atoms with Crippen LogP contribution in [0.25, 0.3) is 0 Å². The molecule has 118 valence electrons. The number of anilines is 1. The van der Waals surface area contributed by atoms with Crippen molar-refractivity contribution in [1.29, 1.82) is 0 Å². The molecule has 0 aromatic heterocycles. The lowest BCUT2D eigenvalue weighted by Gasteiger charge is -2.27. The third-order valence-corrected chi connectivity index (χ3v) is 3.74. The molecule has 5 nitrogen and oxygen atoms in total. The van der Waals surface area contributed by atoms with Gasteiger partial charge in [-0.3, -0.25) is 9.59 Å². The Morgan fingerprint density at radius 1 is 1.09 bits per heavy atom. The number of amides is 2. The summed E-state index contributed by atoms with van der Waals surface area (Å²) in [5.41, 5.74) is 3.05. The van der Waals surface area contributed by atoms with Crippen LogP contribution in [0.2, 0.25) is 0 Å². The zero-order chi connectivity index (χ0) is 16.2. The van der Waals surface area contributed by atoms with Gasteiger partial charge in [0.15, 0.2) is 6.23 Å². The van der Waals surface area contributed by atoms with Crippen molar-refractivity contribution in [2.45, 2.75) is 19.6 Å². The largest absolute Gasteiger partial charge is 0.354 e. The fraction of sp³-hybridized carbons (Fsp3) is 0.222. The van der Waals surface area contributed by atoms with Crippen molar-refractivity contribution in [2.75, 3.05) is 11.9 Å². The predicted octanol–water partition coefficient (Wildman–Crippen LogP) is 2.65. The minimum Gasteiger partial charge on any atom is -0.354 e. The minimum atomic E-state index is -0.474. The van der Waals surface area contributed by atoms with Crippen molar-refractivity contribution < 1.29 is 14.3 Å². The second kappa shape index (κ2) is 6.62. The number of hydrogen-bond donors (Lipinski definition) is 2. The van der Waals surface area contributed by atoms with E-state index in [1.165, 1.54) is 12.5 Å². The molecule has 0 fully saturated rings. The molecule has 1 unspecified atom stereocenters. The number of benzene rings is 2. The molecule has 5 heteroatoms. The van der Waals surface area contributed by atoms with E-state index in [1.807, 2.05) is 24.3 Å². The minimum absolute atomic E-state index is 0.218. The van der Waals surface area contributed by atoms with Gasteiger partial charge in [0.2, 0.25) is 5.91 Å². The highest BCUT2D eigenvalue weighted by Gasteiger charge is 2.23. The predicted molar refractivity (Wildman–Crippen MR) is 87.1 cm³/mol. The highest BCUT2D eigenvalue weighted by Crippen LogP contribution is 2.25. The van der Waals surface area contributed by atoms with E-state index in [-0.39, 0.29) is 11.8 Å². The van der Waals surface area contributed by atoms with Crippen molar-refractivity contribution in [3.63, 3.8) is 0 Å². The van der Waals surface area contributed by atoms with Crippen LogP contribution < -0.4 is 10.6 Å². The molecular formula is C18H18N2O3. The van der Waals surface area contributed by atoms with Gasteiger partial charge in [0.05, 0.1) is 17.9 Å². The van der Waals surface area contributed by atoms with Crippen molar-refractivity contribution in [2.24, 2.45) is 0 Å². The molecule has 0 saturated carbocycles. The van der Waals surface area contributed by atoms with Gasteiger partial charge in [-0.05, 0) is 24.1 Å². The number of fused-ring (bicyclic) bond motifs is 1. The molecular weight excluding hydrogens is 292 g/mol. The van der Waals surface area contributed by atoms with Crippen molar-refractivity contribution in [3.05, 3.63) is 65.2 Å². The SMILES string of the molecule is CC(=O)Nc1ccccc1C(=O)NC1OCCc2ccccc21. The average Bonchev–Trinajstić information content (AvgIpc) is 2.55. The van der Waals surface area contributed by atoms with Crippen LogP contribution in [0.15, 0.2) is 48.5 Å². The monoisotopic (exact) mass is 310 g/mol. The molecule has 2 amide bonds. The van der Waals surface area contributed by atoms with E-state index < -0.39 is 6.23 Å². The van der Waals surface area contributed by atoms with Crippen LogP contribution >= 0.6 is 0 Å². The van der Waals surface area contributed by atoms with Gasteiger partial charge in [0.25, 0.3) is 5.91 Å². The van der Waals surface area contributed by atoms with Crippen LogP contribution in [0, 0.1) is 0 Å². The fourth-order valence-electron chi connectivity index (χ4n) is 2.69. The van der Waals surface area contributed by atoms with E-state index in [0.29, 0.717) is 17.9 Å². The summed E-state index contributed by atoms with van der Waals surface area (Å²) in [7, 11) is 0. The van der Waals surface area contributed by atoms with Crippen LogP contribution in [0.5, 0.6) is 0 Å². The van der Waals surface area contributed by atoms with E-state index in [1.54, 1.807) is 24.3 Å². The molecule has 2 aromatic carbocycles. The maximum Gasteiger partial charge on any atom is 0.255 e. The molecule has 3 rings (SSSR count). The van der Waals surface area contributed by atoms with Gasteiger partial charge in [-0.25, -0.2) is 0 Å². The maximum absolute atomic E-state index is 12.6. The zero-order valence-corrected chi connectivity index (χ0v) is 12.8. The van der Waals surface area contributed by atoms with Gasteiger partial charge in [-0.15, -0.1) is 0 Å². The lowest BCUT2D eigenvalue weighted by molar-refractivity contribution is -0.114. The normalized spacial score (nSPS) is 16.3. The number of ether oxygens (including phenoxy) is 1. The van der Waals surface area contributed by atoms with Crippen LogP contribution in [-0.2, 0) is 16.0 Å². The number of carbonyl (C=O) groups is 2. The molecule has 1 aliphatic rings. The van der Waals surface area contributed by atoms with Crippen molar-refractivity contribution in [1.82, 2.24) is 5.32 Å². The first-order chi connectivity index (χ1) is 11.1. The molecule has 1 aliphatic heterocycles. The summed E-state index contributed by atoms with van der Waals surface area (Å²) in [5.74, 6) is -0.499. The van der Waals surface area contributed by atoms with Crippen molar-refractivity contribution >= 4 is 17.5 Å². The Morgan fingerprint density at radius 3 is 2.65 bits per heavy atom. The van der Waals surface area contributed by atoms with Gasteiger partial charge in [0.1, 0.15) is 0 Å². The Balaban J connectivity index is 1.82. The quantitative estimate of drug-likeness (QED) is 0.916. The summed E-state index contributed by atoms with van der Waals surface area (Å²) in [5, 5.41) is 5.56. The third kappa shape index (κ3) is 3.40. The van der Waals surface area contributed by atoms with Gasteiger partial charge in [-0.2, -0.15) is 0 Å². The van der Waals surface area contributed by atoms with Gasteiger partial charge < -0.3 is 15.4 Å². The molecule has 2 N–H and O–H groups in total. The Morgan fingerprint density at radius 2 is 1.83 bits per heavy atom. The van der Waals surface area contributed by atoms with Gasteiger partial charge >= 0.3 is 0 Å². The van der Waals surface area contributed by atoms with Crippen molar-refractivity contribution in [3.8, 4) is 0 Å². The summed E-state index contributed by atoms with van der Waals surface area (Å²) in [6.07, 6.45) is 0.364. The highest BCUT2D eigenvalue weighted by atomic mass is 16.5. The Bertz CT molecular complexity index is 743. The number of carbonyl (C=O) groups excluding carboxylic acids is 2. The molecule has 0 aliphatic carbocycles. The summed E-state index contributed by atoms with van der Waals surface area (Å²) in [4.78, 5) is 23.9. The van der Waals surface area contributed by atoms with Crippen LogP contribution in [0.4, 0.5) is 5.69 Å². The Labute approximate surface area is 134 Å². The molecule has 0 radical (unpaired) electrons. The standard InChI is InChI=1S/C18H18N2O3/c1-12(21)19-16-9-5-4-8-15(16)17(22)20-18-14-7-3-2-6-13(14)10-11-23-18/h2-9,18H,10-11H2,1H3,(H,19,21)(H,20,22). The number of nitrogens with one attached hydrogen (secondary N) is 2. The summed E-state index contributed by atoms with van der Waals surface area (Å²) >= 11 is 0. The van der Waals surface area contributed by atoms with Crippen LogP contribution in [-0.4, -0.2) is 18.4 Å². The van der Waals surface area contributed by atoms with E-state index in [9.17, 15) is 9.59 Å². The van der Waals surface area contributed by atoms with Crippen LogP contribution in [0.1, 0.15) is 34.6 Å². The number of hydrogen-bond acceptors (Lipinski definition) is 3. The Hall–Kier alpha value is -2.66. The van der Waals surface area contributed by atoms with E-state index in [4.69, 9.17) is 4.74 Å². The smallest absolute Gasteiger partial charge is 0.255 e. The maximum atomic E-state index is 12.6. The van der Waals surface area contributed by atoms with E-state index in [2.05, 4.69) is 10.6 Å². The second-order valence-corrected chi connectivity index (χ2v) is 5.40. The van der Waals surface area contributed by atoms with Gasteiger partial charge in [-0.1, -0.05) is 36.4 Å². The third-order valence-electron chi connectivity index (χ3n) is 3.74. The molecule has 0 bridgehead atoms. The fourth-order valence-corrected chi connectivity index (χ4v) is 2.69. The summed E-state index contributed by atoms with van der Waals surface area (Å²) in [6, 6.07) is 14.8. The topological polar surface area (TPSA) is 67.4 Å². The first kappa shape index (κ1) is 15.2. The number of para-hydroxylation sites is 1. The van der Waals surface area contributed by atoms with Gasteiger partial charge in [0, 0.05) is 12.5 Å². The molecule has 23 heavy (non-hydrogen) atoms. The Kier molecular flexibility index (Phi) is 4.39. The van der Waals surface area contributed by atoms with E-state index in [0.717, 1.165) is 12.0 Å². The summed E-state index contributed by atoms with van der Waals surface area (Å²) < 4.78 is 5.70. The average molecular weight is 310 g/mol. The lowest BCUT2D eigenvalue weighted by Crippen LogP contribution is -2.34. The molecule has 2 aromatic rings. The second-order valence-electron chi connectivity index (χ2n) is 5.40. The highest BCUT2D eigenvalue weighted by molar-refractivity contribution is 6.03. The summed E-state index contributed by atoms with van der Waals surface area (Å²) in [6.45, 7) is 1.98. The zero-order valence-electron chi connectivity index (χ0n) is 12.8. The molecule has 1 atom stereocenters. The molecule has 0 saturated heterocycles. The number of rotatable bonds is 3. The van der Waals surface area contributed by atoms with E-state index >= 15 is 0 Å². The lowest BCUT2D eigenvalue weighted by atomic mass is 10.0. The van der Waals surface area contributed by atoms with Crippen LogP contribution in [0.3, 0.4) is 0 Å². The molecule has 0 spiro atoms.